The first-order chi connectivity index (χ1) is 6.52. The maximum absolute atomic E-state index is 2.55. The van der Waals surface area contributed by atoms with Gasteiger partial charge < -0.3 is 0 Å². The van der Waals surface area contributed by atoms with Crippen LogP contribution >= 0.6 is 0 Å². The molecule has 0 aromatic carbocycles. The molecule has 0 aliphatic heterocycles. The van der Waals surface area contributed by atoms with Gasteiger partial charge in [0, 0.05) is 0 Å². The van der Waals surface area contributed by atoms with Gasteiger partial charge in [-0.2, -0.15) is 0 Å². The summed E-state index contributed by atoms with van der Waals surface area (Å²) in [5, 5.41) is 1.80. The summed E-state index contributed by atoms with van der Waals surface area (Å²) < 4.78 is 0. The molecule has 1 heteroatoms. The van der Waals surface area contributed by atoms with Gasteiger partial charge in [-0.3, -0.25) is 0 Å². The Labute approximate surface area is 91.8 Å². The van der Waals surface area contributed by atoms with Gasteiger partial charge in [-0.05, 0) is 12.8 Å². The predicted molar refractivity (Wildman–Crippen MR) is 70.5 cm³/mol. The highest BCUT2D eigenvalue weighted by molar-refractivity contribution is 6.83. The molecular weight excluding hydrogens is 184 g/mol. The van der Waals surface area contributed by atoms with E-state index in [0.29, 0.717) is 0 Å². The van der Waals surface area contributed by atoms with Gasteiger partial charge in [-0.15, -0.1) is 0 Å². The van der Waals surface area contributed by atoms with Crippen molar-refractivity contribution in [2.24, 2.45) is 0 Å². The highest BCUT2D eigenvalue weighted by Gasteiger charge is 2.17. The zero-order chi connectivity index (χ0) is 11.0. The molecule has 0 rings (SSSR count). The summed E-state index contributed by atoms with van der Waals surface area (Å²) in [6.45, 7) is 12.0. The van der Waals surface area contributed by atoms with Gasteiger partial charge in [0.05, 0.1) is 8.07 Å². The first kappa shape index (κ1) is 14.0. The van der Waals surface area contributed by atoms with E-state index in [1.54, 1.807) is 5.20 Å². The molecule has 0 aliphatic rings. The Balaban J connectivity index is 4.16. The molecular formula is C13H28Si. The number of rotatable bonds is 7. The molecule has 0 aromatic heterocycles. The number of allylic oxidation sites excluding steroid dienone is 2. The maximum Gasteiger partial charge on any atom is 0.0720 e. The van der Waals surface area contributed by atoms with Crippen LogP contribution in [0.15, 0.2) is 11.3 Å². The molecule has 0 fully saturated rings. The molecule has 0 aromatic rings. The van der Waals surface area contributed by atoms with Crippen molar-refractivity contribution in [2.75, 3.05) is 0 Å². The second kappa shape index (κ2) is 7.28. The fourth-order valence-electron chi connectivity index (χ4n) is 1.63. The minimum Gasteiger partial charge on any atom is -0.0892 e. The van der Waals surface area contributed by atoms with E-state index in [-0.39, 0.29) is 0 Å². The molecule has 0 N–H and O–H groups in total. The summed E-state index contributed by atoms with van der Waals surface area (Å²) in [5.74, 6) is 0. The second-order valence-corrected chi connectivity index (χ2v) is 10.4. The smallest absolute Gasteiger partial charge is 0.0720 e. The van der Waals surface area contributed by atoms with Gasteiger partial charge in [0.1, 0.15) is 0 Å². The first-order valence-corrected chi connectivity index (χ1v) is 9.71. The van der Waals surface area contributed by atoms with Gasteiger partial charge in [0.25, 0.3) is 0 Å². The van der Waals surface area contributed by atoms with Crippen LogP contribution in [-0.4, -0.2) is 8.07 Å². The molecule has 0 unspecified atom stereocenters. The third-order valence-corrected chi connectivity index (χ3v) is 5.09. The lowest BCUT2D eigenvalue weighted by atomic mass is 10.2. The van der Waals surface area contributed by atoms with Gasteiger partial charge in [0.15, 0.2) is 0 Å². The summed E-state index contributed by atoms with van der Waals surface area (Å²) in [6, 6.07) is 0. The highest BCUT2D eigenvalue weighted by Crippen LogP contribution is 2.21. The van der Waals surface area contributed by atoms with Crippen LogP contribution in [0.4, 0.5) is 0 Å². The monoisotopic (exact) mass is 212 g/mol. The van der Waals surface area contributed by atoms with Gasteiger partial charge in [0.2, 0.25) is 0 Å². The van der Waals surface area contributed by atoms with E-state index >= 15 is 0 Å². The average molecular weight is 212 g/mol. The van der Waals surface area contributed by atoms with Crippen molar-refractivity contribution in [1.82, 2.24) is 0 Å². The Bertz CT molecular complexity index is 163. The van der Waals surface area contributed by atoms with Crippen LogP contribution < -0.4 is 0 Å². The minimum atomic E-state index is -1.01. The van der Waals surface area contributed by atoms with Crippen LogP contribution in [0.5, 0.6) is 0 Å². The molecule has 0 saturated carbocycles. The van der Waals surface area contributed by atoms with Crippen molar-refractivity contribution in [2.45, 2.75) is 72.0 Å². The summed E-state index contributed by atoms with van der Waals surface area (Å²) in [6.07, 6.45) is 10.6. The van der Waals surface area contributed by atoms with Gasteiger partial charge >= 0.3 is 0 Å². The van der Waals surface area contributed by atoms with Crippen molar-refractivity contribution < 1.29 is 0 Å². The lowest BCUT2D eigenvalue weighted by Crippen LogP contribution is -2.24. The van der Waals surface area contributed by atoms with Crippen molar-refractivity contribution in [1.29, 1.82) is 0 Å². The number of hydrogen-bond acceptors (Lipinski definition) is 0. The molecule has 84 valence electrons. The highest BCUT2D eigenvalue weighted by atomic mass is 28.3. The predicted octanol–water partition coefficient (Wildman–Crippen LogP) is 5.17. The van der Waals surface area contributed by atoms with Crippen LogP contribution in [0, 0.1) is 0 Å². The third kappa shape index (κ3) is 6.42. The van der Waals surface area contributed by atoms with Crippen LogP contribution in [0.1, 0.15) is 52.4 Å². The normalized spacial score (nSPS) is 13.4. The fourth-order valence-corrected chi connectivity index (χ4v) is 3.31. The Morgan fingerprint density at radius 3 is 2.00 bits per heavy atom. The molecule has 0 atom stereocenters. The van der Waals surface area contributed by atoms with E-state index in [0.717, 1.165) is 0 Å². The van der Waals surface area contributed by atoms with E-state index in [9.17, 15) is 0 Å². The molecule has 0 nitrogen and oxygen atoms in total. The number of unbranched alkanes of at least 4 members (excludes halogenated alkanes) is 3. The minimum absolute atomic E-state index is 1.01. The van der Waals surface area contributed by atoms with E-state index in [1.165, 1.54) is 38.5 Å². The van der Waals surface area contributed by atoms with Crippen LogP contribution in [0.25, 0.3) is 0 Å². The van der Waals surface area contributed by atoms with E-state index in [4.69, 9.17) is 0 Å². The summed E-state index contributed by atoms with van der Waals surface area (Å²) in [4.78, 5) is 0. The van der Waals surface area contributed by atoms with Crippen molar-refractivity contribution in [3.05, 3.63) is 11.3 Å². The third-order valence-electron chi connectivity index (χ3n) is 2.71. The zero-order valence-corrected chi connectivity index (χ0v) is 11.8. The standard InChI is InChI=1S/C13H28Si/c1-6-8-10-12-13(11-9-7-2)14(3,4)5/h12H,6-11H2,1-5H3/b13-12+. The molecule has 0 radical (unpaired) electrons. The quantitative estimate of drug-likeness (QED) is 0.403. The van der Waals surface area contributed by atoms with E-state index in [1.807, 2.05) is 0 Å². The Kier molecular flexibility index (Phi) is 7.25. The Morgan fingerprint density at radius 1 is 1.00 bits per heavy atom. The molecule has 0 aliphatic carbocycles. The Hall–Kier alpha value is -0.0431. The van der Waals surface area contributed by atoms with E-state index in [2.05, 4.69) is 39.6 Å². The fraction of sp³-hybridized carbons (Fsp3) is 0.846. The van der Waals surface area contributed by atoms with Crippen LogP contribution in [-0.2, 0) is 0 Å². The first-order valence-electron chi connectivity index (χ1n) is 6.21. The molecule has 0 spiro atoms. The van der Waals surface area contributed by atoms with Crippen LogP contribution in [0.3, 0.4) is 0 Å². The molecule has 0 heterocycles. The molecule has 14 heavy (non-hydrogen) atoms. The Morgan fingerprint density at radius 2 is 1.57 bits per heavy atom. The zero-order valence-electron chi connectivity index (χ0n) is 10.8. The largest absolute Gasteiger partial charge is 0.0892 e. The lowest BCUT2D eigenvalue weighted by Gasteiger charge is -2.21. The second-order valence-electron chi connectivity index (χ2n) is 5.23. The topological polar surface area (TPSA) is 0 Å². The maximum atomic E-state index is 2.55. The van der Waals surface area contributed by atoms with Crippen molar-refractivity contribution in [3.63, 3.8) is 0 Å². The molecule has 0 saturated heterocycles. The average Bonchev–Trinajstić information content (AvgIpc) is 2.09. The SMILES string of the molecule is CCCC/C=C(\CCCC)[Si](C)(C)C. The summed E-state index contributed by atoms with van der Waals surface area (Å²) in [5.41, 5.74) is 0. The lowest BCUT2D eigenvalue weighted by molar-refractivity contribution is 0.783. The van der Waals surface area contributed by atoms with Gasteiger partial charge in [-0.1, -0.05) is 70.4 Å². The molecule has 0 amide bonds. The summed E-state index contributed by atoms with van der Waals surface area (Å²) in [7, 11) is -1.01. The summed E-state index contributed by atoms with van der Waals surface area (Å²) >= 11 is 0. The van der Waals surface area contributed by atoms with Crippen LogP contribution in [0.2, 0.25) is 19.6 Å². The number of hydrogen-bond donors (Lipinski definition) is 0. The molecule has 0 bridgehead atoms. The van der Waals surface area contributed by atoms with E-state index < -0.39 is 8.07 Å². The van der Waals surface area contributed by atoms with Gasteiger partial charge in [-0.25, -0.2) is 0 Å². The van der Waals surface area contributed by atoms with Crippen molar-refractivity contribution in [3.8, 4) is 0 Å². The van der Waals surface area contributed by atoms with Crippen molar-refractivity contribution >= 4 is 8.07 Å².